The minimum absolute atomic E-state index is 0.319. The smallest absolute Gasteiger partial charge is 0.359 e. The fourth-order valence-corrected chi connectivity index (χ4v) is 0. The van der Waals surface area contributed by atoms with Crippen molar-refractivity contribution < 1.29 is 24.1 Å². The lowest BCUT2D eigenvalue weighted by Gasteiger charge is -2.18. The lowest BCUT2D eigenvalue weighted by atomic mass is 10.3. The molecule has 49 valence electrons. The maximum atomic E-state index is 11.2. The first kappa shape index (κ1) is 7.74. The van der Waals surface area contributed by atoms with Crippen LogP contribution in [0.2, 0.25) is 0 Å². The molecule has 0 amide bonds. The van der Waals surface area contributed by atoms with E-state index in [1.165, 1.54) is 0 Å². The summed E-state index contributed by atoms with van der Waals surface area (Å²) in [6.45, 7) is 0.319. The second kappa shape index (κ2) is 1.61. The molecule has 0 atom stereocenters. The van der Waals surface area contributed by atoms with Crippen LogP contribution < -0.4 is 0 Å². The maximum Gasteiger partial charge on any atom is 0.434 e. The van der Waals surface area contributed by atoms with E-state index in [2.05, 4.69) is 0 Å². The highest BCUT2D eigenvalue weighted by Crippen LogP contribution is 2.22. The summed E-state index contributed by atoms with van der Waals surface area (Å²) in [7, 11) is 0. The first-order valence-electron chi connectivity index (χ1n) is 1.78. The van der Waals surface area contributed by atoms with Gasteiger partial charge in [0.2, 0.25) is 0 Å². The summed E-state index contributed by atoms with van der Waals surface area (Å²) in [5, 5.41) is 25.0. The molecule has 0 saturated heterocycles. The number of hydrogen-bond donors (Lipinski definition) is 2. The summed E-state index contributed by atoms with van der Waals surface area (Å²) in [5.41, 5.74) is 0. The van der Waals surface area contributed by atoms with Gasteiger partial charge in [0, 0.05) is 0 Å². The van der Waals surface area contributed by atoms with Crippen LogP contribution in [0.1, 0.15) is 6.92 Å². The van der Waals surface area contributed by atoms with Crippen molar-refractivity contribution in [1.82, 2.24) is 0 Å². The van der Waals surface area contributed by atoms with Crippen molar-refractivity contribution in [2.45, 2.75) is 18.8 Å². The third-order valence-electron chi connectivity index (χ3n) is 0.551. The minimum Gasteiger partial charge on any atom is -0.359 e. The molecule has 0 bridgehead atoms. The summed E-state index contributed by atoms with van der Waals surface area (Å²) < 4.78 is 22.3. The molecule has 0 saturated carbocycles. The van der Waals surface area contributed by atoms with Crippen LogP contribution in [0.4, 0.5) is 8.78 Å². The van der Waals surface area contributed by atoms with Gasteiger partial charge < -0.3 is 10.2 Å². The van der Waals surface area contributed by atoms with Crippen molar-refractivity contribution in [1.29, 1.82) is 0 Å². The summed E-state index contributed by atoms with van der Waals surface area (Å²) in [6, 6.07) is 0. The zero-order chi connectivity index (χ0) is 7.00. The third-order valence-corrected chi connectivity index (χ3v) is 0.551. The third kappa shape index (κ3) is 1.69. The maximum absolute atomic E-state index is 11.2. The molecule has 0 aromatic carbocycles. The number of halogens is 2. The van der Waals surface area contributed by atoms with Crippen molar-refractivity contribution in [2.24, 2.45) is 0 Å². The van der Waals surface area contributed by atoms with Crippen molar-refractivity contribution in [3.63, 3.8) is 0 Å². The zero-order valence-electron chi connectivity index (χ0n) is 4.06. The van der Waals surface area contributed by atoms with Gasteiger partial charge in [-0.1, -0.05) is 0 Å². The van der Waals surface area contributed by atoms with Gasteiger partial charge in [-0.2, -0.15) is 13.9 Å². The Morgan fingerprint density at radius 1 is 1.38 bits per heavy atom. The van der Waals surface area contributed by atoms with E-state index >= 15 is 0 Å². The second-order valence-corrected chi connectivity index (χ2v) is 1.54. The molecule has 0 spiro atoms. The van der Waals surface area contributed by atoms with Crippen LogP contribution in [0.15, 0.2) is 0 Å². The standard InChI is InChI=1S/C3H5F2O3/c1-2(6,7)3(4,5)8/h6-7H,1H3. The Bertz CT molecular complexity index is 67.5. The van der Waals surface area contributed by atoms with Gasteiger partial charge in [0.25, 0.3) is 5.79 Å². The predicted molar refractivity (Wildman–Crippen MR) is 18.5 cm³/mol. The Hall–Kier alpha value is -0.260. The van der Waals surface area contributed by atoms with E-state index in [0.29, 0.717) is 6.92 Å². The van der Waals surface area contributed by atoms with Gasteiger partial charge >= 0.3 is 6.11 Å². The number of aliphatic hydroxyl groups is 2. The predicted octanol–water partition coefficient (Wildman–Crippen LogP) is -0.289. The van der Waals surface area contributed by atoms with Crippen LogP contribution >= 0.6 is 0 Å². The van der Waals surface area contributed by atoms with Gasteiger partial charge in [-0.05, 0) is 6.92 Å². The van der Waals surface area contributed by atoms with Gasteiger partial charge in [0.1, 0.15) is 0 Å². The average Bonchev–Trinajstić information content (AvgIpc) is 1.25. The van der Waals surface area contributed by atoms with Crippen molar-refractivity contribution in [3.05, 3.63) is 0 Å². The highest BCUT2D eigenvalue weighted by atomic mass is 19.3. The SMILES string of the molecule is CC(O)(O)C([O])(F)F. The fourth-order valence-electron chi connectivity index (χ4n) is 0. The Kier molecular flexibility index (Phi) is 1.56. The number of hydrogen-bond acceptors (Lipinski definition) is 2. The van der Waals surface area contributed by atoms with Crippen LogP contribution in [-0.4, -0.2) is 22.1 Å². The molecule has 0 aliphatic carbocycles. The molecule has 1 radical (unpaired) electrons. The van der Waals surface area contributed by atoms with E-state index in [4.69, 9.17) is 10.2 Å². The van der Waals surface area contributed by atoms with Gasteiger partial charge in [-0.25, -0.2) is 0 Å². The molecule has 0 aromatic rings. The van der Waals surface area contributed by atoms with E-state index in [1.807, 2.05) is 0 Å². The number of alkyl halides is 2. The quantitative estimate of drug-likeness (QED) is 0.475. The highest BCUT2D eigenvalue weighted by Gasteiger charge is 2.48. The minimum atomic E-state index is -4.70. The first-order valence-corrected chi connectivity index (χ1v) is 1.78. The van der Waals surface area contributed by atoms with Gasteiger partial charge in [-0.3, -0.25) is 0 Å². The summed E-state index contributed by atoms with van der Waals surface area (Å²) in [6.07, 6.45) is -4.70. The Morgan fingerprint density at radius 3 is 1.50 bits per heavy atom. The molecular weight excluding hydrogens is 122 g/mol. The van der Waals surface area contributed by atoms with Crippen molar-refractivity contribution in [3.8, 4) is 0 Å². The normalized spacial score (nSPS) is 14.2. The van der Waals surface area contributed by atoms with Crippen LogP contribution in [0, 0.1) is 0 Å². The molecular formula is C3H5F2O3. The van der Waals surface area contributed by atoms with E-state index < -0.39 is 11.9 Å². The Labute approximate surface area is 44.2 Å². The second-order valence-electron chi connectivity index (χ2n) is 1.54. The monoisotopic (exact) mass is 127 g/mol. The number of rotatable bonds is 1. The van der Waals surface area contributed by atoms with Crippen molar-refractivity contribution in [2.75, 3.05) is 0 Å². The van der Waals surface area contributed by atoms with Crippen molar-refractivity contribution >= 4 is 0 Å². The molecule has 0 fully saturated rings. The molecule has 0 aromatic heterocycles. The van der Waals surface area contributed by atoms with Gasteiger partial charge in [-0.15, -0.1) is 0 Å². The Morgan fingerprint density at radius 2 is 1.50 bits per heavy atom. The van der Waals surface area contributed by atoms with Gasteiger partial charge in [0.05, 0.1) is 0 Å². The van der Waals surface area contributed by atoms with Crippen LogP contribution in [0.5, 0.6) is 0 Å². The van der Waals surface area contributed by atoms with Crippen LogP contribution in [0.25, 0.3) is 0 Å². The van der Waals surface area contributed by atoms with E-state index in [-0.39, 0.29) is 0 Å². The van der Waals surface area contributed by atoms with Crippen LogP contribution in [0.3, 0.4) is 0 Å². The molecule has 0 aliphatic rings. The topological polar surface area (TPSA) is 60.4 Å². The largest absolute Gasteiger partial charge is 0.434 e. The van der Waals surface area contributed by atoms with E-state index in [9.17, 15) is 13.9 Å². The molecule has 0 heterocycles. The lowest BCUT2D eigenvalue weighted by molar-refractivity contribution is -0.395. The summed E-state index contributed by atoms with van der Waals surface area (Å²) >= 11 is 0. The lowest BCUT2D eigenvalue weighted by Crippen LogP contribution is -2.43. The van der Waals surface area contributed by atoms with E-state index in [0.717, 1.165) is 0 Å². The molecule has 8 heavy (non-hydrogen) atoms. The first-order chi connectivity index (χ1) is 3.25. The zero-order valence-corrected chi connectivity index (χ0v) is 4.06. The van der Waals surface area contributed by atoms with E-state index in [1.54, 1.807) is 0 Å². The van der Waals surface area contributed by atoms with Crippen LogP contribution in [-0.2, 0) is 5.11 Å². The molecule has 0 unspecified atom stereocenters. The average molecular weight is 127 g/mol. The Balaban J connectivity index is 4.02. The van der Waals surface area contributed by atoms with Gasteiger partial charge in [0.15, 0.2) is 0 Å². The molecule has 5 heteroatoms. The summed E-state index contributed by atoms with van der Waals surface area (Å²) in [4.78, 5) is 0. The molecule has 0 rings (SSSR count). The molecule has 0 aliphatic heterocycles. The molecule has 3 nitrogen and oxygen atoms in total. The molecule has 2 N–H and O–H groups in total. The highest BCUT2D eigenvalue weighted by molar-refractivity contribution is 4.64. The summed E-state index contributed by atoms with van der Waals surface area (Å²) in [5.74, 6) is -3.45. The fraction of sp³-hybridized carbons (Fsp3) is 1.00.